The van der Waals surface area contributed by atoms with Crippen molar-refractivity contribution >= 4 is 17.5 Å². The van der Waals surface area contributed by atoms with Crippen LogP contribution in [0.3, 0.4) is 0 Å². The molecule has 0 saturated carbocycles. The molecule has 8 heteroatoms. The van der Waals surface area contributed by atoms with E-state index in [-0.39, 0.29) is 24.0 Å². The fourth-order valence-electron chi connectivity index (χ4n) is 2.14. The van der Waals surface area contributed by atoms with Crippen molar-refractivity contribution < 1.29 is 10.0 Å². The molecule has 1 heterocycles. The van der Waals surface area contributed by atoms with E-state index in [1.807, 2.05) is 30.3 Å². The molecule has 0 aliphatic heterocycles. The second kappa shape index (κ2) is 6.57. The Balaban J connectivity index is 2.33. The monoisotopic (exact) mass is 317 g/mol. The van der Waals surface area contributed by atoms with Crippen LogP contribution >= 0.6 is 0 Å². The number of rotatable bonds is 6. The van der Waals surface area contributed by atoms with Gasteiger partial charge in [0.05, 0.1) is 10.5 Å². The van der Waals surface area contributed by atoms with Gasteiger partial charge in [0.2, 0.25) is 11.8 Å². The first-order valence-electron chi connectivity index (χ1n) is 7.04. The van der Waals surface area contributed by atoms with Gasteiger partial charge in [0.15, 0.2) is 0 Å². The Hall–Kier alpha value is -2.74. The second-order valence-corrected chi connectivity index (χ2v) is 5.85. The highest BCUT2D eigenvalue weighted by molar-refractivity contribution is 5.54. The molecule has 3 N–H and O–H groups in total. The average Bonchev–Trinajstić information content (AvgIpc) is 2.45. The topological polar surface area (TPSA) is 118 Å². The number of nitrogens with two attached hydrogens (primary N) is 1. The van der Waals surface area contributed by atoms with Gasteiger partial charge in [-0.3, -0.25) is 10.1 Å². The number of hydrogen-bond donors (Lipinski definition) is 2. The molecule has 0 saturated heterocycles. The fourth-order valence-corrected chi connectivity index (χ4v) is 2.14. The van der Waals surface area contributed by atoms with Crippen molar-refractivity contribution in [3.05, 3.63) is 52.2 Å². The van der Waals surface area contributed by atoms with Gasteiger partial charge < -0.3 is 15.7 Å². The molecule has 8 nitrogen and oxygen atoms in total. The molecule has 23 heavy (non-hydrogen) atoms. The Morgan fingerprint density at radius 1 is 1.35 bits per heavy atom. The summed E-state index contributed by atoms with van der Waals surface area (Å²) in [5, 5.41) is 20.9. The molecule has 0 amide bonds. The third kappa shape index (κ3) is 4.62. The summed E-state index contributed by atoms with van der Waals surface area (Å²) < 4.78 is 0. The first-order valence-corrected chi connectivity index (χ1v) is 7.04. The molecular formula is C15H19N5O3. The maximum absolute atomic E-state index is 10.8. The molecule has 1 aromatic heterocycles. The van der Waals surface area contributed by atoms with Crippen LogP contribution in [-0.4, -0.2) is 32.1 Å². The Bertz CT molecular complexity index is 685. The normalized spacial score (nSPS) is 11.3. The third-order valence-electron chi connectivity index (χ3n) is 3.06. The second-order valence-electron chi connectivity index (χ2n) is 5.85. The highest BCUT2D eigenvalue weighted by Crippen LogP contribution is 2.22. The fraction of sp³-hybridized carbons (Fsp3) is 0.333. The van der Waals surface area contributed by atoms with E-state index in [1.54, 1.807) is 18.7 Å². The minimum atomic E-state index is -0.991. The Kier molecular flexibility index (Phi) is 4.75. The first-order chi connectivity index (χ1) is 10.8. The summed E-state index contributed by atoms with van der Waals surface area (Å²) in [5.41, 5.74) is 5.30. The molecule has 0 unspecified atom stereocenters. The van der Waals surface area contributed by atoms with Gasteiger partial charge in [-0.2, -0.15) is 4.98 Å². The Labute approximate surface area is 133 Å². The zero-order valence-electron chi connectivity index (χ0n) is 13.0. The molecule has 0 aliphatic carbocycles. The molecule has 122 valence electrons. The van der Waals surface area contributed by atoms with Crippen LogP contribution in [0.15, 0.2) is 36.5 Å². The molecule has 0 aliphatic rings. The number of benzene rings is 1. The van der Waals surface area contributed by atoms with Crippen LogP contribution < -0.4 is 10.6 Å². The van der Waals surface area contributed by atoms with E-state index >= 15 is 0 Å². The lowest BCUT2D eigenvalue weighted by Gasteiger charge is -2.29. The Morgan fingerprint density at radius 2 is 2.00 bits per heavy atom. The van der Waals surface area contributed by atoms with Crippen LogP contribution in [0.2, 0.25) is 0 Å². The Morgan fingerprint density at radius 3 is 2.52 bits per heavy atom. The van der Waals surface area contributed by atoms with E-state index in [0.29, 0.717) is 6.54 Å². The number of anilines is 2. The molecule has 0 bridgehead atoms. The van der Waals surface area contributed by atoms with Crippen molar-refractivity contribution in [1.29, 1.82) is 0 Å². The number of hydrogen-bond acceptors (Lipinski definition) is 7. The number of nitrogen functional groups attached to an aromatic ring is 1. The van der Waals surface area contributed by atoms with Crippen molar-refractivity contribution in [2.75, 3.05) is 17.2 Å². The van der Waals surface area contributed by atoms with Crippen molar-refractivity contribution in [2.45, 2.75) is 26.0 Å². The van der Waals surface area contributed by atoms with Gasteiger partial charge >= 0.3 is 5.69 Å². The van der Waals surface area contributed by atoms with Gasteiger partial charge in [0.1, 0.15) is 6.20 Å². The number of aliphatic hydroxyl groups is 1. The highest BCUT2D eigenvalue weighted by Gasteiger charge is 2.23. The van der Waals surface area contributed by atoms with E-state index in [4.69, 9.17) is 5.73 Å². The smallest absolute Gasteiger partial charge is 0.329 e. The summed E-state index contributed by atoms with van der Waals surface area (Å²) in [5.74, 6) is 0.0351. The summed E-state index contributed by atoms with van der Waals surface area (Å²) >= 11 is 0. The predicted octanol–water partition coefficient (Wildman–Crippen LogP) is 1.74. The summed E-state index contributed by atoms with van der Waals surface area (Å²) in [4.78, 5) is 20.0. The van der Waals surface area contributed by atoms with Gasteiger partial charge in [0, 0.05) is 13.1 Å². The maximum Gasteiger partial charge on any atom is 0.329 e. The number of nitro groups is 1. The SMILES string of the molecule is CC(C)(O)CN(Cc1ccccc1)c1ncc([N+](=O)[O-])c(N)n1. The average molecular weight is 317 g/mol. The minimum absolute atomic E-state index is 0.200. The number of nitrogens with zero attached hydrogens (tertiary/aromatic N) is 4. The molecule has 2 rings (SSSR count). The quantitative estimate of drug-likeness (QED) is 0.615. The minimum Gasteiger partial charge on any atom is -0.389 e. The summed E-state index contributed by atoms with van der Waals surface area (Å²) in [6.07, 6.45) is 1.08. The molecule has 0 spiro atoms. The van der Waals surface area contributed by atoms with Crippen LogP contribution in [-0.2, 0) is 6.54 Å². The van der Waals surface area contributed by atoms with E-state index in [9.17, 15) is 15.2 Å². The predicted molar refractivity (Wildman–Crippen MR) is 86.9 cm³/mol. The lowest BCUT2D eigenvalue weighted by atomic mass is 10.1. The lowest BCUT2D eigenvalue weighted by Crippen LogP contribution is -2.39. The van der Waals surface area contributed by atoms with Crippen LogP contribution in [0.4, 0.5) is 17.5 Å². The summed E-state index contributed by atoms with van der Waals surface area (Å²) in [6, 6.07) is 9.59. The molecule has 0 atom stereocenters. The van der Waals surface area contributed by atoms with Crippen LogP contribution in [0.1, 0.15) is 19.4 Å². The molecule has 0 radical (unpaired) electrons. The number of aromatic nitrogens is 2. The van der Waals surface area contributed by atoms with Crippen molar-refractivity contribution in [1.82, 2.24) is 9.97 Å². The van der Waals surface area contributed by atoms with Crippen molar-refractivity contribution in [2.24, 2.45) is 0 Å². The first kappa shape index (κ1) is 16.6. The van der Waals surface area contributed by atoms with Gasteiger partial charge in [0.25, 0.3) is 0 Å². The van der Waals surface area contributed by atoms with E-state index in [2.05, 4.69) is 9.97 Å². The highest BCUT2D eigenvalue weighted by atomic mass is 16.6. The van der Waals surface area contributed by atoms with E-state index < -0.39 is 10.5 Å². The van der Waals surface area contributed by atoms with Gasteiger partial charge in [-0.15, -0.1) is 0 Å². The largest absolute Gasteiger partial charge is 0.389 e. The zero-order valence-corrected chi connectivity index (χ0v) is 13.0. The standard InChI is InChI=1S/C15H19N5O3/c1-15(2,21)10-19(9-11-6-4-3-5-7-11)14-17-8-12(20(22)23)13(16)18-14/h3-8,21H,9-10H2,1-2H3,(H2,16,17,18). The van der Waals surface area contributed by atoms with Gasteiger partial charge in [-0.1, -0.05) is 30.3 Å². The molecular weight excluding hydrogens is 298 g/mol. The van der Waals surface area contributed by atoms with Crippen LogP contribution in [0, 0.1) is 10.1 Å². The zero-order chi connectivity index (χ0) is 17.0. The van der Waals surface area contributed by atoms with Crippen molar-refractivity contribution in [3.63, 3.8) is 0 Å². The molecule has 0 fully saturated rings. The third-order valence-corrected chi connectivity index (χ3v) is 3.06. The van der Waals surface area contributed by atoms with Gasteiger partial charge in [-0.05, 0) is 19.4 Å². The maximum atomic E-state index is 10.8. The summed E-state index contributed by atoms with van der Waals surface area (Å²) in [7, 11) is 0. The van der Waals surface area contributed by atoms with Gasteiger partial charge in [-0.25, -0.2) is 4.98 Å². The van der Waals surface area contributed by atoms with E-state index in [1.165, 1.54) is 0 Å². The van der Waals surface area contributed by atoms with Crippen LogP contribution in [0.25, 0.3) is 0 Å². The summed E-state index contributed by atoms with van der Waals surface area (Å²) in [6.45, 7) is 4.03. The van der Waals surface area contributed by atoms with Crippen LogP contribution in [0.5, 0.6) is 0 Å². The molecule has 1 aromatic carbocycles. The molecule has 2 aromatic rings. The van der Waals surface area contributed by atoms with E-state index in [0.717, 1.165) is 11.8 Å². The van der Waals surface area contributed by atoms with Crippen molar-refractivity contribution in [3.8, 4) is 0 Å². The lowest BCUT2D eigenvalue weighted by molar-refractivity contribution is -0.384.